The van der Waals surface area contributed by atoms with Gasteiger partial charge < -0.3 is 10.3 Å². The smallest absolute Gasteiger partial charge is 0.123 e. The van der Waals surface area contributed by atoms with E-state index in [9.17, 15) is 4.39 Å². The van der Waals surface area contributed by atoms with Crippen LogP contribution >= 0.6 is 0 Å². The quantitative estimate of drug-likeness (QED) is 0.888. The summed E-state index contributed by atoms with van der Waals surface area (Å²) < 4.78 is 12.8. The molecule has 0 radical (unpaired) electrons. The summed E-state index contributed by atoms with van der Waals surface area (Å²) >= 11 is 0. The monoisotopic (exact) mass is 261 g/mol. The Balaban J connectivity index is 1.95. The number of nitrogens with one attached hydrogen (secondary N) is 2. The topological polar surface area (TPSA) is 40.7 Å². The molecule has 102 valence electrons. The molecule has 0 bridgehead atoms. The summed E-state index contributed by atoms with van der Waals surface area (Å²) in [4.78, 5) is 7.63. The van der Waals surface area contributed by atoms with Crippen LogP contribution in [0.25, 0.3) is 0 Å². The number of benzene rings is 1. The Morgan fingerprint density at radius 2 is 1.89 bits per heavy atom. The highest BCUT2D eigenvalue weighted by molar-refractivity contribution is 5.20. The highest BCUT2D eigenvalue weighted by Crippen LogP contribution is 2.09. The number of aromatic nitrogens is 2. The van der Waals surface area contributed by atoms with Gasteiger partial charge in [0.25, 0.3) is 0 Å². The molecule has 0 aliphatic carbocycles. The Morgan fingerprint density at radius 3 is 2.53 bits per heavy atom. The van der Waals surface area contributed by atoms with Crippen LogP contribution in [0, 0.1) is 5.82 Å². The van der Waals surface area contributed by atoms with Gasteiger partial charge in [-0.25, -0.2) is 9.37 Å². The van der Waals surface area contributed by atoms with E-state index in [0.717, 1.165) is 23.6 Å². The van der Waals surface area contributed by atoms with Crippen LogP contribution in [0.3, 0.4) is 0 Å². The molecular weight excluding hydrogens is 241 g/mol. The van der Waals surface area contributed by atoms with Crippen LogP contribution in [0.2, 0.25) is 0 Å². The van der Waals surface area contributed by atoms with Gasteiger partial charge in [-0.3, -0.25) is 0 Å². The second-order valence-corrected chi connectivity index (χ2v) is 5.76. The number of nitrogens with zero attached hydrogens (tertiary/aromatic N) is 1. The molecular formula is C15H20FN3. The van der Waals surface area contributed by atoms with E-state index < -0.39 is 0 Å². The van der Waals surface area contributed by atoms with E-state index in [1.807, 2.05) is 6.20 Å². The van der Waals surface area contributed by atoms with Crippen molar-refractivity contribution in [1.82, 2.24) is 15.3 Å². The summed E-state index contributed by atoms with van der Waals surface area (Å²) in [7, 11) is 0. The molecule has 0 amide bonds. The van der Waals surface area contributed by atoms with Gasteiger partial charge in [-0.1, -0.05) is 12.1 Å². The van der Waals surface area contributed by atoms with Gasteiger partial charge in [0.2, 0.25) is 0 Å². The number of imidazole rings is 1. The van der Waals surface area contributed by atoms with Crippen LogP contribution < -0.4 is 5.32 Å². The van der Waals surface area contributed by atoms with Gasteiger partial charge >= 0.3 is 0 Å². The molecule has 0 unspecified atom stereocenters. The molecule has 1 heterocycles. The predicted octanol–water partition coefficient (Wildman–Crippen LogP) is 3.03. The van der Waals surface area contributed by atoms with Crippen molar-refractivity contribution in [1.29, 1.82) is 0 Å². The Labute approximate surface area is 113 Å². The fraction of sp³-hybridized carbons (Fsp3) is 0.400. The number of hydrogen-bond acceptors (Lipinski definition) is 2. The maximum absolute atomic E-state index is 12.8. The van der Waals surface area contributed by atoms with Crippen LogP contribution in [-0.4, -0.2) is 15.5 Å². The first-order chi connectivity index (χ1) is 8.92. The van der Waals surface area contributed by atoms with Crippen molar-refractivity contribution in [2.24, 2.45) is 0 Å². The fourth-order valence-corrected chi connectivity index (χ4v) is 1.74. The molecule has 19 heavy (non-hydrogen) atoms. The number of aromatic amines is 1. The first kappa shape index (κ1) is 13.7. The van der Waals surface area contributed by atoms with Gasteiger partial charge in [0.15, 0.2) is 0 Å². The maximum atomic E-state index is 12.8. The number of rotatable bonds is 4. The fourth-order valence-electron chi connectivity index (χ4n) is 1.74. The van der Waals surface area contributed by atoms with E-state index in [1.165, 1.54) is 12.1 Å². The number of halogens is 1. The van der Waals surface area contributed by atoms with Gasteiger partial charge in [0.05, 0.1) is 0 Å². The van der Waals surface area contributed by atoms with Gasteiger partial charge in [0, 0.05) is 30.4 Å². The minimum atomic E-state index is -0.210. The highest BCUT2D eigenvalue weighted by atomic mass is 19.1. The number of H-pyrrole nitrogens is 1. The lowest BCUT2D eigenvalue weighted by molar-refractivity contribution is 0.421. The minimum absolute atomic E-state index is 0.0855. The van der Waals surface area contributed by atoms with Crippen molar-refractivity contribution in [3.05, 3.63) is 53.4 Å². The molecule has 1 aromatic carbocycles. The average molecular weight is 261 g/mol. The molecule has 0 saturated heterocycles. The summed E-state index contributed by atoms with van der Waals surface area (Å²) in [6.45, 7) is 7.15. The van der Waals surface area contributed by atoms with E-state index in [2.05, 4.69) is 36.1 Å². The van der Waals surface area contributed by atoms with Crippen LogP contribution in [-0.2, 0) is 13.0 Å². The van der Waals surface area contributed by atoms with Gasteiger partial charge in [0.1, 0.15) is 11.6 Å². The summed E-state index contributed by atoms with van der Waals surface area (Å²) in [5, 5.41) is 3.40. The van der Waals surface area contributed by atoms with Crippen molar-refractivity contribution in [2.45, 2.75) is 39.3 Å². The first-order valence-electron chi connectivity index (χ1n) is 6.45. The van der Waals surface area contributed by atoms with Gasteiger partial charge in [-0.2, -0.15) is 0 Å². The largest absolute Gasteiger partial charge is 0.345 e. The van der Waals surface area contributed by atoms with E-state index in [4.69, 9.17) is 0 Å². The van der Waals surface area contributed by atoms with Crippen LogP contribution in [0.1, 0.15) is 37.9 Å². The third-order valence-corrected chi connectivity index (χ3v) is 2.78. The van der Waals surface area contributed by atoms with Crippen molar-refractivity contribution < 1.29 is 4.39 Å². The van der Waals surface area contributed by atoms with Crippen molar-refractivity contribution in [3.63, 3.8) is 0 Å². The molecule has 3 nitrogen and oxygen atoms in total. The lowest BCUT2D eigenvalue weighted by Crippen LogP contribution is -2.35. The first-order valence-corrected chi connectivity index (χ1v) is 6.45. The predicted molar refractivity (Wildman–Crippen MR) is 74.4 cm³/mol. The molecule has 2 N–H and O–H groups in total. The van der Waals surface area contributed by atoms with Crippen molar-refractivity contribution in [2.75, 3.05) is 0 Å². The second kappa shape index (κ2) is 5.53. The van der Waals surface area contributed by atoms with E-state index in [-0.39, 0.29) is 11.4 Å². The van der Waals surface area contributed by atoms with E-state index in [0.29, 0.717) is 6.42 Å². The molecule has 0 aliphatic heterocycles. The molecule has 2 rings (SSSR count). The summed E-state index contributed by atoms with van der Waals surface area (Å²) in [5.41, 5.74) is 2.19. The zero-order chi connectivity index (χ0) is 13.9. The molecule has 4 heteroatoms. The third-order valence-electron chi connectivity index (χ3n) is 2.78. The SMILES string of the molecule is CC(C)(C)NCc1cnc(Cc2ccc(F)cc2)[nH]1. The molecule has 0 spiro atoms. The molecule has 1 aromatic heterocycles. The Hall–Kier alpha value is -1.68. The average Bonchev–Trinajstić information content (AvgIpc) is 2.77. The Kier molecular flexibility index (Phi) is 4.00. The van der Waals surface area contributed by atoms with Crippen LogP contribution in [0.4, 0.5) is 4.39 Å². The summed E-state index contributed by atoms with van der Waals surface area (Å²) in [5.74, 6) is 0.690. The van der Waals surface area contributed by atoms with Gasteiger partial charge in [-0.15, -0.1) is 0 Å². The van der Waals surface area contributed by atoms with Crippen molar-refractivity contribution in [3.8, 4) is 0 Å². The zero-order valence-electron chi connectivity index (χ0n) is 11.6. The summed E-state index contributed by atoms with van der Waals surface area (Å²) in [6, 6.07) is 6.51. The zero-order valence-corrected chi connectivity index (χ0v) is 11.6. The molecule has 0 atom stereocenters. The highest BCUT2D eigenvalue weighted by Gasteiger charge is 2.09. The van der Waals surface area contributed by atoms with Gasteiger partial charge in [-0.05, 0) is 38.5 Å². The van der Waals surface area contributed by atoms with Crippen LogP contribution in [0.15, 0.2) is 30.5 Å². The normalized spacial score (nSPS) is 11.8. The second-order valence-electron chi connectivity index (χ2n) is 5.76. The lowest BCUT2D eigenvalue weighted by Gasteiger charge is -2.19. The molecule has 0 saturated carbocycles. The van der Waals surface area contributed by atoms with E-state index in [1.54, 1.807) is 12.1 Å². The standard InChI is InChI=1S/C15H20FN3/c1-15(2,3)18-10-13-9-17-14(19-13)8-11-4-6-12(16)7-5-11/h4-7,9,18H,8,10H2,1-3H3,(H,17,19). The van der Waals surface area contributed by atoms with Crippen molar-refractivity contribution >= 4 is 0 Å². The molecule has 0 fully saturated rings. The summed E-state index contributed by atoms with van der Waals surface area (Å²) in [6.07, 6.45) is 2.54. The Morgan fingerprint density at radius 1 is 1.21 bits per heavy atom. The molecule has 2 aromatic rings. The van der Waals surface area contributed by atoms with Crippen LogP contribution in [0.5, 0.6) is 0 Å². The maximum Gasteiger partial charge on any atom is 0.123 e. The Bertz CT molecular complexity index is 523. The number of hydrogen-bond donors (Lipinski definition) is 2. The third kappa shape index (κ3) is 4.48. The molecule has 0 aliphatic rings. The van der Waals surface area contributed by atoms with E-state index >= 15 is 0 Å². The lowest BCUT2D eigenvalue weighted by atomic mass is 10.1. The minimum Gasteiger partial charge on any atom is -0.345 e.